The van der Waals surface area contributed by atoms with Crippen LogP contribution in [0.15, 0.2) is 76.0 Å². The zero-order chi connectivity index (χ0) is 28.1. The monoisotopic (exact) mass is 563 g/mol. The quantitative estimate of drug-likeness (QED) is 0.201. The summed E-state index contributed by atoms with van der Waals surface area (Å²) in [7, 11) is 0.199. The molecule has 0 saturated carbocycles. The molecule has 0 unspecified atom stereocenters. The van der Waals surface area contributed by atoms with Crippen molar-refractivity contribution in [1.29, 1.82) is 0 Å². The molecule has 0 spiro atoms. The van der Waals surface area contributed by atoms with Gasteiger partial charge in [0.2, 0.25) is 0 Å². The van der Waals surface area contributed by atoms with E-state index >= 15 is 0 Å². The van der Waals surface area contributed by atoms with Crippen LogP contribution in [0.1, 0.15) is 21.9 Å². The second-order valence-electron chi connectivity index (χ2n) is 7.99. The van der Waals surface area contributed by atoms with Crippen molar-refractivity contribution >= 4 is 45.3 Å². The maximum absolute atomic E-state index is 12.6. The molecule has 1 amide bonds. The fourth-order valence-electron chi connectivity index (χ4n) is 2.97. The van der Waals surface area contributed by atoms with Gasteiger partial charge < -0.3 is 24.8 Å². The highest BCUT2D eigenvalue weighted by Crippen LogP contribution is 2.20. The van der Waals surface area contributed by atoms with Crippen molar-refractivity contribution < 1.29 is 37.4 Å². The highest BCUT2D eigenvalue weighted by Gasteiger charge is 2.18. The van der Waals surface area contributed by atoms with Gasteiger partial charge in [-0.1, -0.05) is 30.3 Å². The number of thioether (sulfide) groups is 1. The maximum Gasteiger partial charge on any atom is 0.414 e. The number of sulfonamides is 1. The number of para-hydroxylation sites is 1. The summed E-state index contributed by atoms with van der Waals surface area (Å²) in [5, 5.41) is 17.6. The molecule has 0 aliphatic heterocycles. The second kappa shape index (κ2) is 14.8. The Morgan fingerprint density at radius 2 is 1.50 bits per heavy atom. The third kappa shape index (κ3) is 10.3. The van der Waals surface area contributed by atoms with E-state index in [9.17, 15) is 13.2 Å². The Balaban J connectivity index is 0.000000757. The van der Waals surface area contributed by atoms with Crippen LogP contribution in [0.5, 0.6) is 0 Å². The average molecular weight is 564 g/mol. The van der Waals surface area contributed by atoms with E-state index in [1.165, 1.54) is 12.1 Å². The molecule has 0 saturated heterocycles. The molecule has 0 bridgehead atoms. The third-order valence-corrected chi connectivity index (χ3v) is 6.98. The number of nitrogens with zero attached hydrogens (tertiary/aromatic N) is 1. The minimum Gasteiger partial charge on any atom is -0.473 e. The molecule has 3 aromatic rings. The number of rotatable bonds is 11. The molecular formula is C25H29N3O8S2. The van der Waals surface area contributed by atoms with Crippen molar-refractivity contribution in [2.45, 2.75) is 17.2 Å². The summed E-state index contributed by atoms with van der Waals surface area (Å²) < 4.78 is 33.5. The van der Waals surface area contributed by atoms with Gasteiger partial charge in [-0.15, -0.1) is 0 Å². The molecule has 4 N–H and O–H groups in total. The van der Waals surface area contributed by atoms with Crippen LogP contribution in [-0.2, 0) is 31.9 Å². The van der Waals surface area contributed by atoms with E-state index < -0.39 is 22.0 Å². The van der Waals surface area contributed by atoms with Gasteiger partial charge in [-0.2, -0.15) is 11.8 Å². The van der Waals surface area contributed by atoms with Crippen LogP contribution in [-0.4, -0.2) is 67.8 Å². The number of hydrogen-bond donors (Lipinski definition) is 4. The average Bonchev–Trinajstić information content (AvgIpc) is 3.31. The van der Waals surface area contributed by atoms with Gasteiger partial charge in [-0.25, -0.2) is 18.0 Å². The molecule has 204 valence electrons. The van der Waals surface area contributed by atoms with Gasteiger partial charge in [0, 0.05) is 12.3 Å². The summed E-state index contributed by atoms with van der Waals surface area (Å²) in [6.07, 6.45) is 0. The van der Waals surface area contributed by atoms with Gasteiger partial charge in [-0.3, -0.25) is 9.52 Å². The van der Waals surface area contributed by atoms with Crippen molar-refractivity contribution in [3.8, 4) is 0 Å². The number of nitrogens with one attached hydrogen (secondary N) is 2. The summed E-state index contributed by atoms with van der Waals surface area (Å²) in [5.74, 6) is -0.732. The number of amides is 1. The largest absolute Gasteiger partial charge is 0.473 e. The fraction of sp³-hybridized carbons (Fsp3) is 0.240. The van der Waals surface area contributed by atoms with Crippen LogP contribution in [0.25, 0.3) is 0 Å². The summed E-state index contributed by atoms with van der Waals surface area (Å²) in [6, 6.07) is 18.6. The van der Waals surface area contributed by atoms with Crippen LogP contribution in [0.2, 0.25) is 0 Å². The fourth-order valence-corrected chi connectivity index (χ4v) is 4.82. The van der Waals surface area contributed by atoms with Crippen LogP contribution in [0, 0.1) is 0 Å². The summed E-state index contributed by atoms with van der Waals surface area (Å²) >= 11 is 1.65. The van der Waals surface area contributed by atoms with Gasteiger partial charge in [0.1, 0.15) is 11.5 Å². The molecule has 0 aliphatic carbocycles. The highest BCUT2D eigenvalue weighted by molar-refractivity contribution is 7.98. The van der Waals surface area contributed by atoms with Gasteiger partial charge >= 0.3 is 11.9 Å². The molecule has 13 heteroatoms. The molecule has 3 rings (SSSR count). The number of carboxylic acid groups (broad SMARTS) is 2. The standard InChI is InChI=1S/C23H27N3O4S2.C2H2O4/c1-26(2)16-18-12-13-19(30-18)17-31-15-14-24-23(27)21-10-6-7-11-22(21)25-32(28,29)20-8-4-3-5-9-20;3-1(4)2(5)6/h3-13,25H,14-17H2,1-2H3,(H,24,27);(H,3,4)(H,5,6). The number of hydrogen-bond acceptors (Lipinski definition) is 8. The predicted octanol–water partition coefficient (Wildman–Crippen LogP) is 2.96. The van der Waals surface area contributed by atoms with Gasteiger partial charge in [0.25, 0.3) is 15.9 Å². The topological polar surface area (TPSA) is 166 Å². The van der Waals surface area contributed by atoms with E-state index in [1.54, 1.807) is 54.2 Å². The van der Waals surface area contributed by atoms with E-state index in [0.29, 0.717) is 12.3 Å². The first-order chi connectivity index (χ1) is 18.0. The Labute approximate surface area is 224 Å². The van der Waals surface area contributed by atoms with E-state index in [-0.39, 0.29) is 22.1 Å². The van der Waals surface area contributed by atoms with Gasteiger partial charge in [0.15, 0.2) is 0 Å². The van der Waals surface area contributed by atoms with Crippen molar-refractivity contribution in [3.05, 3.63) is 83.8 Å². The summed E-state index contributed by atoms with van der Waals surface area (Å²) in [4.78, 5) is 33.0. The molecule has 11 nitrogen and oxygen atoms in total. The minimum atomic E-state index is -3.78. The molecule has 38 heavy (non-hydrogen) atoms. The maximum atomic E-state index is 12.6. The number of furan rings is 1. The number of anilines is 1. The molecule has 0 aliphatic rings. The lowest BCUT2D eigenvalue weighted by Gasteiger charge is -2.12. The van der Waals surface area contributed by atoms with Crippen molar-refractivity contribution in [3.63, 3.8) is 0 Å². The van der Waals surface area contributed by atoms with E-state index in [0.717, 1.165) is 23.8 Å². The van der Waals surface area contributed by atoms with Crippen LogP contribution in [0.3, 0.4) is 0 Å². The first-order valence-electron chi connectivity index (χ1n) is 11.2. The van der Waals surface area contributed by atoms with Crippen LogP contribution in [0.4, 0.5) is 5.69 Å². The van der Waals surface area contributed by atoms with Crippen molar-refractivity contribution in [2.75, 3.05) is 31.1 Å². The third-order valence-electron chi connectivity index (χ3n) is 4.62. The Kier molecular flexibility index (Phi) is 11.9. The van der Waals surface area contributed by atoms with E-state index in [1.807, 2.05) is 31.1 Å². The Morgan fingerprint density at radius 1 is 0.895 bits per heavy atom. The molecular weight excluding hydrogens is 534 g/mol. The Bertz CT molecular complexity index is 1310. The lowest BCUT2D eigenvalue weighted by atomic mass is 10.2. The number of carbonyl (C=O) groups is 3. The summed E-state index contributed by atoms with van der Waals surface area (Å²) in [5.41, 5.74) is 0.516. The molecule has 1 aromatic heterocycles. The molecule has 0 radical (unpaired) electrons. The van der Waals surface area contributed by atoms with Crippen LogP contribution < -0.4 is 10.0 Å². The zero-order valence-corrected chi connectivity index (χ0v) is 22.4. The Morgan fingerprint density at radius 3 is 2.13 bits per heavy atom. The van der Waals surface area contributed by atoms with Gasteiger partial charge in [-0.05, 0) is 50.5 Å². The van der Waals surface area contributed by atoms with E-state index in [4.69, 9.17) is 24.2 Å². The van der Waals surface area contributed by atoms with Crippen molar-refractivity contribution in [1.82, 2.24) is 10.2 Å². The zero-order valence-electron chi connectivity index (χ0n) is 20.8. The number of aliphatic carboxylic acids is 2. The number of carbonyl (C=O) groups excluding carboxylic acids is 1. The lowest BCUT2D eigenvalue weighted by molar-refractivity contribution is -0.159. The smallest absolute Gasteiger partial charge is 0.414 e. The van der Waals surface area contributed by atoms with Crippen molar-refractivity contribution in [2.24, 2.45) is 0 Å². The lowest BCUT2D eigenvalue weighted by Crippen LogP contribution is -2.27. The predicted molar refractivity (Wildman–Crippen MR) is 144 cm³/mol. The molecule has 0 atom stereocenters. The minimum absolute atomic E-state index is 0.137. The van der Waals surface area contributed by atoms with E-state index in [2.05, 4.69) is 10.0 Å². The molecule has 1 heterocycles. The summed E-state index contributed by atoms with van der Waals surface area (Å²) in [6.45, 7) is 1.21. The van der Waals surface area contributed by atoms with Crippen LogP contribution >= 0.6 is 11.8 Å². The first kappa shape index (κ1) is 30.4. The molecule has 0 fully saturated rings. The number of carboxylic acids is 2. The Hall–Kier alpha value is -3.81. The van der Waals surface area contributed by atoms with Gasteiger partial charge in [0.05, 0.1) is 28.4 Å². The first-order valence-corrected chi connectivity index (χ1v) is 13.8. The second-order valence-corrected chi connectivity index (χ2v) is 10.8. The molecule has 2 aromatic carbocycles. The highest BCUT2D eigenvalue weighted by atomic mass is 32.2. The SMILES string of the molecule is CN(C)Cc1ccc(CSCCNC(=O)c2ccccc2NS(=O)(=O)c2ccccc2)o1.O=C(O)C(=O)O. The normalized spacial score (nSPS) is 10.8. The number of benzene rings is 2.